The fraction of sp³-hybridized carbons (Fsp3) is 0.382. The highest BCUT2D eigenvalue weighted by atomic mass is 28.3. The Hall–Kier alpha value is -8.94. The minimum Gasteiger partial charge on any atom is -0.264 e. The number of hydrogen-bond acceptors (Lipinski definition) is 3. The van der Waals surface area contributed by atoms with Crippen LogP contribution in [-0.4, -0.2) is 39.2 Å². The van der Waals surface area contributed by atoms with Gasteiger partial charge in [0.05, 0.1) is 43.7 Å². The molecule has 3 aliphatic heterocycles. The van der Waals surface area contributed by atoms with Gasteiger partial charge in [-0.2, -0.15) is 18.3 Å². The van der Waals surface area contributed by atoms with Crippen LogP contribution in [0.1, 0.15) is 155 Å². The Morgan fingerprint density at radius 3 is 1.18 bits per heavy atom. The first-order valence-electron chi connectivity index (χ1n) is 44.0. The van der Waals surface area contributed by atoms with Crippen LogP contribution < -0.4 is 18.3 Å². The van der Waals surface area contributed by atoms with E-state index in [4.69, 9.17) is 5.48 Å². The Morgan fingerprint density at radius 2 is 0.732 bits per heavy atom. The molecule has 7 aromatic heterocycles. The third-order valence-electron chi connectivity index (χ3n) is 26.7. The maximum atomic E-state index is 8.97. The Bertz CT molecular complexity index is 5690. The van der Waals surface area contributed by atoms with Crippen LogP contribution in [0.2, 0.25) is 75.5 Å². The van der Waals surface area contributed by atoms with Gasteiger partial charge in [-0.3, -0.25) is 15.0 Å². The molecule has 10 heterocycles. The maximum absolute atomic E-state index is 8.97. The molecule has 0 bridgehead atoms. The highest BCUT2D eigenvalue weighted by Crippen LogP contribution is 2.45. The van der Waals surface area contributed by atoms with Crippen molar-refractivity contribution >= 4 is 67.3 Å². The van der Waals surface area contributed by atoms with Gasteiger partial charge >= 0.3 is 0 Å². The van der Waals surface area contributed by atoms with E-state index >= 15 is 0 Å². The van der Waals surface area contributed by atoms with Gasteiger partial charge in [-0.25, -0.2) is 0 Å². The van der Waals surface area contributed by atoms with E-state index in [-0.39, 0.29) is 0 Å². The lowest BCUT2D eigenvalue weighted by Crippen LogP contribution is -2.35. The molecule has 6 aromatic carbocycles. The van der Waals surface area contributed by atoms with Crippen molar-refractivity contribution < 1.29 is 23.8 Å². The third kappa shape index (κ3) is 17.6. The first kappa shape index (κ1) is 74.5. The molecular weight excluding hydrogens is 1410 g/mol. The summed E-state index contributed by atoms with van der Waals surface area (Å²) in [5.74, 6) is 2.78. The summed E-state index contributed by atoms with van der Waals surface area (Å²) in [4.78, 5) is 12.9. The van der Waals surface area contributed by atoms with Gasteiger partial charge in [-0.15, -0.1) is 0 Å². The van der Waals surface area contributed by atoms with E-state index in [2.05, 4.69) is 290 Å². The summed E-state index contributed by atoms with van der Waals surface area (Å²) in [6, 6.07) is 62.1. The number of benzene rings is 6. The molecule has 576 valence electrons. The quantitative estimate of drug-likeness (QED) is 0.101. The number of pyridine rings is 7. The number of aromatic nitrogens is 7. The molecular formula is C102H125N7Si3+4. The molecule has 0 N–H and O–H groups in total. The van der Waals surface area contributed by atoms with Crippen molar-refractivity contribution in [3.63, 3.8) is 0 Å². The molecule has 112 heavy (non-hydrogen) atoms. The van der Waals surface area contributed by atoms with Crippen molar-refractivity contribution in [2.45, 2.75) is 219 Å². The molecule has 13 aromatic rings. The molecule has 1 saturated carbocycles. The lowest BCUT2D eigenvalue weighted by atomic mass is 9.90. The highest BCUT2D eigenvalue weighted by molar-refractivity contribution is 6.78. The lowest BCUT2D eigenvalue weighted by Gasteiger charge is -2.33. The van der Waals surface area contributed by atoms with E-state index in [0.717, 1.165) is 78.9 Å². The monoisotopic (exact) mass is 1540 g/mol. The van der Waals surface area contributed by atoms with Gasteiger partial charge in [0.25, 0.3) is 0 Å². The number of fused-ring (bicyclic) bond motifs is 4. The van der Waals surface area contributed by atoms with E-state index in [1.807, 2.05) is 43.2 Å². The van der Waals surface area contributed by atoms with Gasteiger partial charge in [0.1, 0.15) is 28.2 Å². The maximum Gasteiger partial charge on any atom is 0.222 e. The topological polar surface area (TPSA) is 54.2 Å². The molecule has 3 saturated heterocycles. The zero-order chi connectivity index (χ0) is 82.4. The Kier molecular flexibility index (Phi) is 22.4. The zero-order valence-electron chi connectivity index (χ0n) is 74.7. The predicted molar refractivity (Wildman–Crippen MR) is 482 cm³/mol. The van der Waals surface area contributed by atoms with Gasteiger partial charge in [0, 0.05) is 124 Å². The zero-order valence-corrected chi connectivity index (χ0v) is 73.7. The van der Waals surface area contributed by atoms with Crippen LogP contribution in [0.4, 0.5) is 0 Å². The summed E-state index contributed by atoms with van der Waals surface area (Å²) in [5.41, 5.74) is 26.5. The summed E-state index contributed by atoms with van der Waals surface area (Å²) >= 11 is 0. The van der Waals surface area contributed by atoms with Crippen LogP contribution in [0.25, 0.3) is 99.2 Å². The number of rotatable bonds is 10. The first-order valence-corrected chi connectivity index (χ1v) is 52.2. The van der Waals surface area contributed by atoms with E-state index in [0.29, 0.717) is 41.9 Å². The van der Waals surface area contributed by atoms with Crippen molar-refractivity contribution in [3.05, 3.63) is 268 Å². The Balaban J connectivity index is 0.000000128. The highest BCUT2D eigenvalue weighted by Gasteiger charge is 2.34. The summed E-state index contributed by atoms with van der Waals surface area (Å²) in [5, 5.41) is 9.01. The molecule has 0 radical (unpaired) electrons. The summed E-state index contributed by atoms with van der Waals surface area (Å²) in [7, 11) is 5.43. The molecule has 10 heteroatoms. The molecule has 4 fully saturated rings. The minimum absolute atomic E-state index is 0.637. The van der Waals surface area contributed by atoms with Crippen LogP contribution in [0.15, 0.2) is 201 Å². The molecule has 4 aliphatic rings. The molecule has 0 amide bonds. The standard InChI is InChI=1S/C30H35N2Si.2C24H31N2Si.C24H28N/c1-21-8-9-25(26-7-6-14-31-20-26)19-29(21)30-28-11-10-24(18-27(28)17-22(2)32(30)3)23-12-15-33(4,5)16-13-23;1-17-16-25-11-8-22(17)24-23-7-6-20(15-21(23)14-18(2)26(24)3)19-9-12-27(4,5)13-10-19;1-17-8-11-25-16-23(17)24-22-7-6-20(15-21(22)14-18(2)26(24)3)19-9-12-27(4,5)13-10-19;1-17-8-4-7-11-22(17)24-23-13-12-20(15-19-9-5-6-10-19)16-21(23)14-18(2)25(24)3/h6-11,14,17-20,23H,12-13,15-16H2,1-5H3;2*6-8,11,14-16,19H,9-10,12-13H2,1-5H3;4,7-8,11-14,16,19H,5-6,9-10,15H2,1-3H3/q4*+1/i17D;3*14D. The molecule has 0 atom stereocenters. The van der Waals surface area contributed by atoms with E-state index in [1.54, 1.807) is 0 Å². The predicted octanol–water partition coefficient (Wildman–Crippen LogP) is 25.1. The molecule has 0 unspecified atom stereocenters. The summed E-state index contributed by atoms with van der Waals surface area (Å²) in [6.45, 7) is 32.0. The van der Waals surface area contributed by atoms with E-state index < -0.39 is 24.2 Å². The smallest absolute Gasteiger partial charge is 0.222 e. The molecule has 1 aliphatic carbocycles. The van der Waals surface area contributed by atoms with Crippen LogP contribution in [0.5, 0.6) is 0 Å². The van der Waals surface area contributed by atoms with Crippen LogP contribution in [0.3, 0.4) is 0 Å². The SMILES string of the molecule is [2H]c1c(C)[n+](C)c(-c2cc(-c3cccnc3)ccc2C)c2ccc(C3CC[Si](C)(C)CC3)cc12.[2H]c1c(C)[n+](C)c(-c2ccccc2C)c2ccc(CC3CCCC3)cc12.[2H]c1c(C)[n+](C)c(-c2ccncc2C)c2ccc(C3CC[Si](C)(C)CC3)cc12.[2H]c1c(C)[n+](C)c(-c2cnccc2C)c2ccc(C3CC[Si](C)(C)CC3)cc12. The van der Waals surface area contributed by atoms with Gasteiger partial charge in [-0.1, -0.05) is 186 Å². The largest absolute Gasteiger partial charge is 0.264 e. The van der Waals surface area contributed by atoms with Crippen molar-refractivity contribution in [3.8, 4) is 56.2 Å². The van der Waals surface area contributed by atoms with Gasteiger partial charge < -0.3 is 0 Å². The van der Waals surface area contributed by atoms with Crippen LogP contribution in [0, 0.1) is 61.3 Å². The third-order valence-corrected chi connectivity index (χ3v) is 36.6. The van der Waals surface area contributed by atoms with E-state index in [9.17, 15) is 0 Å². The first-order chi connectivity index (χ1) is 55.4. The second-order valence-corrected chi connectivity index (χ2v) is 52.4. The van der Waals surface area contributed by atoms with Crippen molar-refractivity contribution in [2.24, 2.45) is 34.1 Å². The van der Waals surface area contributed by atoms with Crippen LogP contribution >= 0.6 is 0 Å². The lowest BCUT2D eigenvalue weighted by molar-refractivity contribution is -0.665. The number of aryl methyl sites for hydroxylation is 4. The second kappa shape index (κ2) is 33.6. The fourth-order valence-corrected chi connectivity index (χ4v) is 26.4. The Labute approximate surface area is 679 Å². The van der Waals surface area contributed by atoms with Crippen LogP contribution in [-0.2, 0) is 34.6 Å². The fourth-order valence-electron chi connectivity index (χ4n) is 18.8. The average molecular weight is 1540 g/mol. The molecule has 17 rings (SSSR count). The minimum atomic E-state index is -0.984. The Morgan fingerprint density at radius 1 is 0.339 bits per heavy atom. The van der Waals surface area contributed by atoms with Crippen molar-refractivity contribution in [1.29, 1.82) is 0 Å². The summed E-state index contributed by atoms with van der Waals surface area (Å²) < 4.78 is 44.0. The number of nitrogens with zero attached hydrogens (tertiary/aromatic N) is 7. The molecule has 7 nitrogen and oxygen atoms in total. The van der Waals surface area contributed by atoms with E-state index in [1.165, 1.54) is 200 Å². The normalized spacial score (nSPS) is 17.1. The number of hydrogen-bond donors (Lipinski definition) is 0. The van der Waals surface area contributed by atoms with Gasteiger partial charge in [0.15, 0.2) is 22.8 Å². The molecule has 0 spiro atoms. The van der Waals surface area contributed by atoms with Gasteiger partial charge in [-0.05, 0) is 223 Å². The van der Waals surface area contributed by atoms with Crippen molar-refractivity contribution in [1.82, 2.24) is 15.0 Å². The average Bonchev–Trinajstić information content (AvgIpc) is 0.847. The summed E-state index contributed by atoms with van der Waals surface area (Å²) in [6.07, 6.45) is 25.8. The van der Waals surface area contributed by atoms with Gasteiger partial charge in [0.2, 0.25) is 22.8 Å². The van der Waals surface area contributed by atoms with Crippen molar-refractivity contribution in [2.75, 3.05) is 0 Å². The second-order valence-electron chi connectivity index (χ2n) is 36.4.